The van der Waals surface area contributed by atoms with E-state index >= 15 is 0 Å². The normalized spacial score (nSPS) is 20.2. The summed E-state index contributed by atoms with van der Waals surface area (Å²) in [6.45, 7) is 0. The lowest BCUT2D eigenvalue weighted by Crippen LogP contribution is -2.34. The zero-order chi connectivity index (χ0) is 16.9. The molecule has 2 atom stereocenters. The summed E-state index contributed by atoms with van der Waals surface area (Å²) in [5.74, 6) is 0.360. The quantitative estimate of drug-likeness (QED) is 0.805. The zero-order valence-corrected chi connectivity index (χ0v) is 13.2. The molecule has 1 aliphatic rings. The minimum absolute atomic E-state index is 0.164. The topological polar surface area (TPSA) is 98.1 Å². The van der Waals surface area contributed by atoms with Crippen molar-refractivity contribution < 1.29 is 14.6 Å². The van der Waals surface area contributed by atoms with E-state index in [1.54, 1.807) is 24.3 Å². The van der Waals surface area contributed by atoms with Crippen LogP contribution in [-0.2, 0) is 0 Å². The fraction of sp³-hybridized carbons (Fsp3) is 0.333. The van der Waals surface area contributed by atoms with E-state index in [9.17, 15) is 9.90 Å². The van der Waals surface area contributed by atoms with Crippen molar-refractivity contribution in [3.05, 3.63) is 47.8 Å². The van der Waals surface area contributed by atoms with Gasteiger partial charge in [0.25, 0.3) is 5.91 Å². The van der Waals surface area contributed by atoms with Gasteiger partial charge in [0.05, 0.1) is 11.7 Å². The second-order valence-corrected chi connectivity index (χ2v) is 5.90. The van der Waals surface area contributed by atoms with Crippen LogP contribution in [0.2, 0.25) is 0 Å². The number of rotatable bonds is 4. The molecule has 0 spiro atoms. The van der Waals surface area contributed by atoms with Gasteiger partial charge >= 0.3 is 0 Å². The van der Waals surface area contributed by atoms with Gasteiger partial charge in [-0.15, -0.1) is 0 Å². The third-order valence-electron chi connectivity index (χ3n) is 4.12. The summed E-state index contributed by atoms with van der Waals surface area (Å²) >= 11 is 0. The molecular weight excluding hydrogens is 306 g/mol. The third kappa shape index (κ3) is 3.76. The molecule has 1 aromatic heterocycles. The molecule has 6 nitrogen and oxygen atoms in total. The van der Waals surface area contributed by atoms with Crippen LogP contribution in [0.4, 0.5) is 5.69 Å². The lowest BCUT2D eigenvalue weighted by molar-refractivity contribution is 0.00688. The van der Waals surface area contributed by atoms with Crippen molar-refractivity contribution in [3.63, 3.8) is 0 Å². The minimum Gasteiger partial charge on any atom is -0.488 e. The van der Waals surface area contributed by atoms with Crippen molar-refractivity contribution >= 4 is 11.6 Å². The molecule has 1 heterocycles. The van der Waals surface area contributed by atoms with E-state index in [-0.39, 0.29) is 12.0 Å². The first-order valence-corrected chi connectivity index (χ1v) is 8.00. The van der Waals surface area contributed by atoms with Gasteiger partial charge in [-0.3, -0.25) is 4.79 Å². The summed E-state index contributed by atoms with van der Waals surface area (Å²) in [6.07, 6.45) is 4.65. The number of nitrogens with zero attached hydrogens (tertiary/aromatic N) is 1. The van der Waals surface area contributed by atoms with Gasteiger partial charge in [-0.05, 0) is 49.6 Å². The maximum Gasteiger partial charge on any atom is 0.272 e. The Hall–Kier alpha value is -2.78. The molecular formula is C18H19N3O3. The number of H-pyrrole nitrogens is 1. The van der Waals surface area contributed by atoms with E-state index in [1.807, 2.05) is 6.07 Å². The van der Waals surface area contributed by atoms with Gasteiger partial charge in [-0.25, -0.2) is 0 Å². The molecule has 24 heavy (non-hydrogen) atoms. The average molecular weight is 325 g/mol. The van der Waals surface area contributed by atoms with Crippen LogP contribution in [0.5, 0.6) is 5.75 Å². The first-order chi connectivity index (χ1) is 11.7. The van der Waals surface area contributed by atoms with Crippen LogP contribution in [0.1, 0.15) is 41.7 Å². The van der Waals surface area contributed by atoms with Crippen molar-refractivity contribution in [2.24, 2.45) is 0 Å². The van der Waals surface area contributed by atoms with Crippen LogP contribution < -0.4 is 10.1 Å². The Labute approximate surface area is 140 Å². The fourth-order valence-electron chi connectivity index (χ4n) is 2.79. The van der Waals surface area contributed by atoms with Crippen LogP contribution in [0.15, 0.2) is 36.5 Å². The number of aromatic nitrogens is 1. The van der Waals surface area contributed by atoms with Crippen molar-refractivity contribution in [2.45, 2.75) is 37.9 Å². The van der Waals surface area contributed by atoms with E-state index in [2.05, 4.69) is 10.3 Å². The van der Waals surface area contributed by atoms with Gasteiger partial charge < -0.3 is 20.1 Å². The lowest BCUT2D eigenvalue weighted by atomic mass is 9.95. The van der Waals surface area contributed by atoms with Crippen molar-refractivity contribution in [3.8, 4) is 11.8 Å². The molecule has 0 bridgehead atoms. The first-order valence-electron chi connectivity index (χ1n) is 8.00. The Bertz CT molecular complexity index is 746. The molecule has 1 fully saturated rings. The Morgan fingerprint density at radius 1 is 1.29 bits per heavy atom. The number of nitrogens with one attached hydrogen (secondary N) is 2. The monoisotopic (exact) mass is 325 g/mol. The number of hydrogen-bond donors (Lipinski definition) is 3. The largest absolute Gasteiger partial charge is 0.488 e. The van der Waals surface area contributed by atoms with Gasteiger partial charge in [0, 0.05) is 11.9 Å². The number of aliphatic hydroxyl groups excluding tert-OH is 1. The van der Waals surface area contributed by atoms with E-state index < -0.39 is 6.10 Å². The Morgan fingerprint density at radius 3 is 2.71 bits per heavy atom. The molecule has 0 saturated heterocycles. The number of aliphatic hydroxyl groups is 1. The van der Waals surface area contributed by atoms with E-state index in [1.165, 1.54) is 12.3 Å². The predicted molar refractivity (Wildman–Crippen MR) is 88.8 cm³/mol. The van der Waals surface area contributed by atoms with Crippen LogP contribution in [0, 0.1) is 11.3 Å². The first kappa shape index (κ1) is 16.1. The number of nitriles is 1. The highest BCUT2D eigenvalue weighted by atomic mass is 16.5. The smallest absolute Gasteiger partial charge is 0.272 e. The molecule has 2 unspecified atom stereocenters. The molecule has 3 N–H and O–H groups in total. The van der Waals surface area contributed by atoms with Gasteiger partial charge in [0.1, 0.15) is 23.6 Å². The number of ether oxygens (including phenoxy) is 1. The third-order valence-corrected chi connectivity index (χ3v) is 4.12. The predicted octanol–water partition coefficient (Wildman–Crippen LogP) is 2.82. The summed E-state index contributed by atoms with van der Waals surface area (Å²) in [4.78, 5) is 14.8. The molecule has 0 radical (unpaired) electrons. The van der Waals surface area contributed by atoms with Crippen LogP contribution in [-0.4, -0.2) is 28.2 Å². The van der Waals surface area contributed by atoms with Gasteiger partial charge in [-0.1, -0.05) is 6.42 Å². The average Bonchev–Trinajstić information content (AvgIpc) is 3.08. The fourth-order valence-corrected chi connectivity index (χ4v) is 2.79. The highest BCUT2D eigenvalue weighted by molar-refractivity contribution is 6.03. The number of anilines is 1. The van der Waals surface area contributed by atoms with E-state index in [4.69, 9.17) is 10.00 Å². The number of hydrogen-bond acceptors (Lipinski definition) is 4. The highest BCUT2D eigenvalue weighted by Gasteiger charge is 2.24. The summed E-state index contributed by atoms with van der Waals surface area (Å²) in [5.41, 5.74) is 1.37. The summed E-state index contributed by atoms with van der Waals surface area (Å²) in [7, 11) is 0. The molecule has 1 saturated carbocycles. The highest BCUT2D eigenvalue weighted by Crippen LogP contribution is 2.25. The second kappa shape index (κ2) is 7.20. The second-order valence-electron chi connectivity index (χ2n) is 5.90. The molecule has 1 aromatic carbocycles. The SMILES string of the molecule is N#Cc1c[nH]c(C(=O)Nc2ccc(OC3CCCCC3O)cc2)c1. The van der Waals surface area contributed by atoms with Crippen molar-refractivity contribution in [1.82, 2.24) is 4.98 Å². The zero-order valence-electron chi connectivity index (χ0n) is 13.2. The van der Waals surface area contributed by atoms with Crippen molar-refractivity contribution in [2.75, 3.05) is 5.32 Å². The molecule has 6 heteroatoms. The van der Waals surface area contributed by atoms with Gasteiger partial charge in [-0.2, -0.15) is 5.26 Å². The number of carbonyl (C=O) groups is 1. The van der Waals surface area contributed by atoms with Crippen molar-refractivity contribution in [1.29, 1.82) is 5.26 Å². The molecule has 1 aliphatic carbocycles. The molecule has 1 amide bonds. The Kier molecular flexibility index (Phi) is 4.82. The van der Waals surface area contributed by atoms with E-state index in [0.29, 0.717) is 22.7 Å². The Balaban J connectivity index is 1.60. The van der Waals surface area contributed by atoms with Crippen LogP contribution >= 0.6 is 0 Å². The van der Waals surface area contributed by atoms with E-state index in [0.717, 1.165) is 25.7 Å². The summed E-state index contributed by atoms with van der Waals surface area (Å²) in [5, 5.41) is 21.5. The van der Waals surface area contributed by atoms with Crippen LogP contribution in [0.3, 0.4) is 0 Å². The standard InChI is InChI=1S/C18H19N3O3/c19-10-12-9-15(20-11-12)18(23)21-13-5-7-14(8-6-13)24-17-4-2-1-3-16(17)22/h5-9,11,16-17,20,22H,1-4H2,(H,21,23). The van der Waals surface area contributed by atoms with Gasteiger partial charge in [0.15, 0.2) is 0 Å². The number of aromatic amines is 1. The maximum absolute atomic E-state index is 12.1. The maximum atomic E-state index is 12.1. The molecule has 124 valence electrons. The van der Waals surface area contributed by atoms with Gasteiger partial charge in [0.2, 0.25) is 0 Å². The lowest BCUT2D eigenvalue weighted by Gasteiger charge is -2.28. The summed E-state index contributed by atoms with van der Waals surface area (Å²) < 4.78 is 5.83. The Morgan fingerprint density at radius 2 is 2.04 bits per heavy atom. The number of amides is 1. The minimum atomic E-state index is -0.416. The molecule has 2 aromatic rings. The van der Waals surface area contributed by atoms with Crippen LogP contribution in [0.25, 0.3) is 0 Å². The number of benzene rings is 1. The number of carbonyl (C=O) groups excluding carboxylic acids is 1. The summed E-state index contributed by atoms with van der Waals surface area (Å²) in [6, 6.07) is 10.5. The molecule has 3 rings (SSSR count). The molecule has 0 aliphatic heterocycles.